The summed E-state index contributed by atoms with van der Waals surface area (Å²) in [4.78, 5) is 42.3. The molecule has 0 radical (unpaired) electrons. The quantitative estimate of drug-likeness (QED) is 0.225. The number of ether oxygens (including phenoxy) is 1. The summed E-state index contributed by atoms with van der Waals surface area (Å²) in [6.07, 6.45) is 0.606. The number of unbranched alkanes of at least 4 members (excludes halogenated alkanes) is 1. The van der Waals surface area contributed by atoms with Crippen molar-refractivity contribution in [2.24, 2.45) is 10.9 Å². The van der Waals surface area contributed by atoms with Crippen molar-refractivity contribution in [3.05, 3.63) is 35.4 Å². The summed E-state index contributed by atoms with van der Waals surface area (Å²) < 4.78 is 4.92. The van der Waals surface area contributed by atoms with Crippen LogP contribution in [-0.2, 0) is 19.2 Å². The van der Waals surface area contributed by atoms with Crippen LogP contribution in [0, 0.1) is 5.41 Å². The molecule has 2 amide bonds. The Balaban J connectivity index is 1.84. The van der Waals surface area contributed by atoms with E-state index >= 15 is 0 Å². The molecule has 1 aromatic carbocycles. The average Bonchev–Trinajstić information content (AvgIpc) is 3.21. The normalized spacial score (nSPS) is 15.8. The first kappa shape index (κ1) is 24.6. The molecule has 2 rings (SSSR count). The second-order valence-electron chi connectivity index (χ2n) is 7.46. The van der Waals surface area contributed by atoms with Crippen molar-refractivity contribution >= 4 is 29.5 Å². The van der Waals surface area contributed by atoms with Gasteiger partial charge in [0.05, 0.1) is 25.3 Å². The van der Waals surface area contributed by atoms with E-state index in [1.54, 1.807) is 24.3 Å². The van der Waals surface area contributed by atoms with Gasteiger partial charge in [-0.2, -0.15) is 0 Å². The molecular weight excluding hydrogens is 418 g/mol. The summed E-state index contributed by atoms with van der Waals surface area (Å²) in [5.74, 6) is -1.64. The van der Waals surface area contributed by atoms with E-state index in [1.807, 2.05) is 6.92 Å². The number of aliphatic carboxylic acids is 1. The SMILES string of the molecule is CCCCOC(=O)N[C@@H](CN(C)C(=O)CC1CC(c2ccc(C(=N)N)cc2)=NO1)C(=O)O. The van der Waals surface area contributed by atoms with Crippen LogP contribution in [0.1, 0.15) is 43.7 Å². The summed E-state index contributed by atoms with van der Waals surface area (Å²) in [5, 5.41) is 23.1. The number of carboxylic acid groups (broad SMARTS) is 1. The topological polar surface area (TPSA) is 167 Å². The lowest BCUT2D eigenvalue weighted by molar-refractivity contribution is -0.141. The molecule has 0 saturated heterocycles. The summed E-state index contributed by atoms with van der Waals surface area (Å²) in [6.45, 7) is 1.92. The van der Waals surface area contributed by atoms with Crippen LogP contribution >= 0.6 is 0 Å². The number of nitrogens with one attached hydrogen (secondary N) is 2. The molecule has 1 unspecified atom stereocenters. The summed E-state index contributed by atoms with van der Waals surface area (Å²) >= 11 is 0. The number of hydrogen-bond donors (Lipinski definition) is 4. The second kappa shape index (κ2) is 11.7. The Hall–Kier alpha value is -3.63. The molecule has 0 saturated carbocycles. The van der Waals surface area contributed by atoms with Gasteiger partial charge in [-0.1, -0.05) is 42.8 Å². The van der Waals surface area contributed by atoms with Crippen molar-refractivity contribution < 1.29 is 29.1 Å². The minimum Gasteiger partial charge on any atom is -0.480 e. The van der Waals surface area contributed by atoms with Crippen molar-refractivity contribution in [3.63, 3.8) is 0 Å². The Labute approximate surface area is 186 Å². The van der Waals surface area contributed by atoms with E-state index in [2.05, 4.69) is 10.5 Å². The van der Waals surface area contributed by atoms with Crippen LogP contribution in [0.2, 0.25) is 0 Å². The van der Waals surface area contributed by atoms with Crippen molar-refractivity contribution in [2.45, 2.75) is 44.8 Å². The third-order valence-electron chi connectivity index (χ3n) is 4.87. The molecule has 1 aliphatic heterocycles. The fourth-order valence-electron chi connectivity index (χ4n) is 2.96. The maximum atomic E-state index is 12.5. The van der Waals surface area contributed by atoms with Gasteiger partial charge in [-0.15, -0.1) is 0 Å². The smallest absolute Gasteiger partial charge is 0.407 e. The van der Waals surface area contributed by atoms with Gasteiger partial charge in [0.2, 0.25) is 5.91 Å². The van der Waals surface area contributed by atoms with Crippen molar-refractivity contribution in [2.75, 3.05) is 20.2 Å². The highest BCUT2D eigenvalue weighted by Crippen LogP contribution is 2.20. The Morgan fingerprint density at radius 1 is 1.38 bits per heavy atom. The first-order valence-electron chi connectivity index (χ1n) is 10.3. The minimum absolute atomic E-state index is 0.00230. The predicted octanol–water partition coefficient (Wildman–Crippen LogP) is 1.29. The van der Waals surface area contributed by atoms with Crippen molar-refractivity contribution in [1.29, 1.82) is 5.41 Å². The number of benzene rings is 1. The fraction of sp³-hybridized carbons (Fsp3) is 0.476. The molecule has 2 atom stereocenters. The Kier molecular flexibility index (Phi) is 8.99. The van der Waals surface area contributed by atoms with Gasteiger partial charge in [0.15, 0.2) is 0 Å². The Morgan fingerprint density at radius 3 is 2.66 bits per heavy atom. The number of carboxylic acids is 1. The first-order chi connectivity index (χ1) is 15.2. The number of amides is 2. The predicted molar refractivity (Wildman–Crippen MR) is 117 cm³/mol. The lowest BCUT2D eigenvalue weighted by Gasteiger charge is -2.23. The van der Waals surface area contributed by atoms with Gasteiger partial charge in [-0.05, 0) is 12.0 Å². The summed E-state index contributed by atoms with van der Waals surface area (Å²) in [7, 11) is 1.46. The molecule has 11 nitrogen and oxygen atoms in total. The van der Waals surface area contributed by atoms with E-state index in [4.69, 9.17) is 20.7 Å². The fourth-order valence-corrected chi connectivity index (χ4v) is 2.96. The van der Waals surface area contributed by atoms with Crippen molar-refractivity contribution in [3.8, 4) is 0 Å². The number of nitrogens with two attached hydrogens (primary N) is 1. The number of hydrogen-bond acceptors (Lipinski definition) is 7. The highest BCUT2D eigenvalue weighted by Gasteiger charge is 2.29. The molecule has 11 heteroatoms. The second-order valence-corrected chi connectivity index (χ2v) is 7.46. The summed E-state index contributed by atoms with van der Waals surface area (Å²) in [5.41, 5.74) is 7.51. The molecule has 0 fully saturated rings. The first-order valence-corrected chi connectivity index (χ1v) is 10.3. The van der Waals surface area contributed by atoms with Crippen molar-refractivity contribution in [1.82, 2.24) is 10.2 Å². The van der Waals surface area contributed by atoms with Crippen LogP contribution in [0.3, 0.4) is 0 Å². The van der Waals surface area contributed by atoms with E-state index in [0.29, 0.717) is 24.1 Å². The molecule has 0 aromatic heterocycles. The van der Waals surface area contributed by atoms with Gasteiger partial charge >= 0.3 is 12.1 Å². The van der Waals surface area contributed by atoms with Crippen LogP contribution in [0.25, 0.3) is 0 Å². The zero-order valence-electron chi connectivity index (χ0n) is 18.2. The molecule has 0 bridgehead atoms. The van der Waals surface area contributed by atoms with Crippen LogP contribution in [0.5, 0.6) is 0 Å². The summed E-state index contributed by atoms with van der Waals surface area (Å²) in [6, 6.07) is 5.67. The molecular formula is C21H29N5O6. The standard InChI is InChI=1S/C21H29N5O6/c1-3-4-9-31-21(30)24-17(20(28)29)12-26(2)18(27)11-15-10-16(25-32-15)13-5-7-14(8-6-13)19(22)23/h5-8,15,17H,3-4,9-12H2,1-2H3,(H3,22,23)(H,24,30)(H,28,29)/t15?,17-/m0/s1. The third-order valence-corrected chi connectivity index (χ3v) is 4.87. The average molecular weight is 447 g/mol. The van der Waals surface area contributed by atoms with Gasteiger partial charge in [-0.3, -0.25) is 10.2 Å². The van der Waals surface area contributed by atoms with E-state index in [-0.39, 0.29) is 31.3 Å². The number of nitrogens with zero attached hydrogens (tertiary/aromatic N) is 2. The third kappa shape index (κ3) is 7.25. The maximum Gasteiger partial charge on any atom is 0.407 e. The van der Waals surface area contributed by atoms with Crippen LogP contribution in [0.15, 0.2) is 29.4 Å². The zero-order valence-corrected chi connectivity index (χ0v) is 18.2. The highest BCUT2D eigenvalue weighted by atomic mass is 16.6. The minimum atomic E-state index is -1.30. The maximum absolute atomic E-state index is 12.5. The number of carbonyl (C=O) groups is 3. The highest BCUT2D eigenvalue weighted by molar-refractivity contribution is 6.02. The lowest BCUT2D eigenvalue weighted by atomic mass is 10.0. The number of likely N-dealkylation sites (N-methyl/N-ethyl adjacent to an activating group) is 1. The molecule has 1 aliphatic rings. The zero-order chi connectivity index (χ0) is 23.7. The van der Waals surface area contributed by atoms with Crippen LogP contribution in [-0.4, -0.2) is 71.9 Å². The van der Waals surface area contributed by atoms with Crippen LogP contribution in [0.4, 0.5) is 4.79 Å². The number of amidine groups is 1. The van der Waals surface area contributed by atoms with Gasteiger partial charge in [0.1, 0.15) is 18.0 Å². The monoisotopic (exact) mass is 447 g/mol. The molecule has 1 heterocycles. The molecule has 5 N–H and O–H groups in total. The number of nitrogen functional groups attached to an aromatic ring is 1. The largest absolute Gasteiger partial charge is 0.480 e. The Bertz CT molecular complexity index is 870. The van der Waals surface area contributed by atoms with E-state index in [0.717, 1.165) is 12.0 Å². The van der Waals surface area contributed by atoms with E-state index in [1.165, 1.54) is 11.9 Å². The van der Waals surface area contributed by atoms with Gasteiger partial charge in [0, 0.05) is 19.0 Å². The van der Waals surface area contributed by atoms with Gasteiger partial charge in [0.25, 0.3) is 0 Å². The number of rotatable bonds is 11. The Morgan fingerprint density at radius 2 is 2.06 bits per heavy atom. The van der Waals surface area contributed by atoms with Gasteiger partial charge in [-0.25, -0.2) is 9.59 Å². The lowest BCUT2D eigenvalue weighted by Crippen LogP contribution is -2.49. The van der Waals surface area contributed by atoms with Gasteiger partial charge < -0.3 is 30.6 Å². The van der Waals surface area contributed by atoms with Crippen LogP contribution < -0.4 is 11.1 Å². The van der Waals surface area contributed by atoms with E-state index < -0.39 is 24.2 Å². The molecule has 1 aromatic rings. The molecule has 32 heavy (non-hydrogen) atoms. The molecule has 0 spiro atoms. The number of oxime groups is 1. The molecule has 174 valence electrons. The van der Waals surface area contributed by atoms with E-state index in [9.17, 15) is 19.5 Å². The number of alkyl carbamates (subject to hydrolysis) is 1. The number of carbonyl (C=O) groups excluding carboxylic acids is 2. The molecule has 0 aliphatic carbocycles.